The highest BCUT2D eigenvalue weighted by Gasteiger charge is 2.41. The molecule has 110 valence electrons. The van der Waals surface area contributed by atoms with E-state index in [1.807, 2.05) is 0 Å². The number of piperazine rings is 1. The predicted molar refractivity (Wildman–Crippen MR) is 73.6 cm³/mol. The van der Waals surface area contributed by atoms with Crippen molar-refractivity contribution in [2.45, 2.75) is 25.4 Å². The van der Waals surface area contributed by atoms with Crippen LogP contribution < -0.4 is 0 Å². The first-order valence-electron chi connectivity index (χ1n) is 6.97. The van der Waals surface area contributed by atoms with Gasteiger partial charge in [0, 0.05) is 13.1 Å². The lowest BCUT2D eigenvalue weighted by Gasteiger charge is -2.36. The standard InChI is InChI=1S/C15H16N2O4/c18-13-9-16(14(19)12-2-1-7-17(12)13)8-10-3-5-11(6-4-10)15(20)21/h3-6,12H,1-2,7-9H2,(H,20,21)/t12-/m0/s1. The van der Waals surface area contributed by atoms with Crippen molar-refractivity contribution in [3.05, 3.63) is 35.4 Å². The molecular weight excluding hydrogens is 272 g/mol. The fraction of sp³-hybridized carbons (Fsp3) is 0.400. The Kier molecular flexibility index (Phi) is 3.37. The number of amides is 2. The first-order valence-corrected chi connectivity index (χ1v) is 6.97. The smallest absolute Gasteiger partial charge is 0.335 e. The Morgan fingerprint density at radius 2 is 1.95 bits per heavy atom. The van der Waals surface area contributed by atoms with Crippen molar-refractivity contribution in [2.75, 3.05) is 13.1 Å². The monoisotopic (exact) mass is 288 g/mol. The van der Waals surface area contributed by atoms with Crippen LogP contribution in [0.25, 0.3) is 0 Å². The molecule has 2 aliphatic heterocycles. The van der Waals surface area contributed by atoms with Gasteiger partial charge >= 0.3 is 5.97 Å². The van der Waals surface area contributed by atoms with Crippen molar-refractivity contribution in [1.29, 1.82) is 0 Å². The molecule has 0 saturated carbocycles. The van der Waals surface area contributed by atoms with Gasteiger partial charge in [-0.1, -0.05) is 12.1 Å². The first-order chi connectivity index (χ1) is 10.1. The molecule has 0 aromatic heterocycles. The van der Waals surface area contributed by atoms with Crippen LogP contribution in [0.5, 0.6) is 0 Å². The molecule has 2 fully saturated rings. The lowest BCUT2D eigenvalue weighted by atomic mass is 10.1. The summed E-state index contributed by atoms with van der Waals surface area (Å²) in [5.41, 5.74) is 1.04. The van der Waals surface area contributed by atoms with E-state index in [1.165, 1.54) is 12.1 Å². The molecule has 2 amide bonds. The zero-order chi connectivity index (χ0) is 15.0. The lowest BCUT2D eigenvalue weighted by molar-refractivity contribution is -0.154. The molecule has 0 unspecified atom stereocenters. The summed E-state index contributed by atoms with van der Waals surface area (Å²) in [6.07, 6.45) is 1.61. The summed E-state index contributed by atoms with van der Waals surface area (Å²) in [6, 6.07) is 6.08. The largest absolute Gasteiger partial charge is 0.478 e. The Hall–Kier alpha value is -2.37. The number of nitrogens with zero attached hydrogens (tertiary/aromatic N) is 2. The SMILES string of the molecule is O=C(O)c1ccc(CN2CC(=O)N3CCC[C@H]3C2=O)cc1. The fourth-order valence-corrected chi connectivity index (χ4v) is 2.97. The Morgan fingerprint density at radius 3 is 2.62 bits per heavy atom. The van der Waals surface area contributed by atoms with Crippen molar-refractivity contribution in [3.8, 4) is 0 Å². The highest BCUT2D eigenvalue weighted by Crippen LogP contribution is 2.24. The van der Waals surface area contributed by atoms with E-state index in [1.54, 1.807) is 21.9 Å². The summed E-state index contributed by atoms with van der Waals surface area (Å²) >= 11 is 0. The summed E-state index contributed by atoms with van der Waals surface area (Å²) in [5.74, 6) is -0.985. The van der Waals surface area contributed by atoms with Crippen LogP contribution in [0.1, 0.15) is 28.8 Å². The van der Waals surface area contributed by atoms with Gasteiger partial charge in [0.05, 0.1) is 5.56 Å². The van der Waals surface area contributed by atoms with Gasteiger partial charge in [-0.25, -0.2) is 4.79 Å². The fourth-order valence-electron chi connectivity index (χ4n) is 2.97. The number of hydrogen-bond acceptors (Lipinski definition) is 3. The molecule has 0 aliphatic carbocycles. The predicted octanol–water partition coefficient (Wildman–Crippen LogP) is 0.718. The molecule has 6 nitrogen and oxygen atoms in total. The molecule has 6 heteroatoms. The van der Waals surface area contributed by atoms with Crippen LogP contribution in [0.4, 0.5) is 0 Å². The highest BCUT2D eigenvalue weighted by atomic mass is 16.4. The van der Waals surface area contributed by atoms with E-state index >= 15 is 0 Å². The number of rotatable bonds is 3. The van der Waals surface area contributed by atoms with Gasteiger partial charge in [0.25, 0.3) is 0 Å². The Morgan fingerprint density at radius 1 is 1.24 bits per heavy atom. The molecule has 1 N–H and O–H groups in total. The van der Waals surface area contributed by atoms with Crippen molar-refractivity contribution >= 4 is 17.8 Å². The van der Waals surface area contributed by atoms with Gasteiger partial charge in [0.1, 0.15) is 12.6 Å². The van der Waals surface area contributed by atoms with Crippen LogP contribution in [0.2, 0.25) is 0 Å². The number of benzene rings is 1. The van der Waals surface area contributed by atoms with Crippen molar-refractivity contribution in [3.63, 3.8) is 0 Å². The third-order valence-electron chi connectivity index (χ3n) is 4.07. The maximum absolute atomic E-state index is 12.4. The quantitative estimate of drug-likeness (QED) is 0.889. The van der Waals surface area contributed by atoms with Crippen LogP contribution in [0.15, 0.2) is 24.3 Å². The molecule has 0 bridgehead atoms. The summed E-state index contributed by atoms with van der Waals surface area (Å²) in [6.45, 7) is 1.13. The van der Waals surface area contributed by atoms with Gasteiger partial charge < -0.3 is 14.9 Å². The van der Waals surface area contributed by atoms with E-state index < -0.39 is 5.97 Å². The Bertz CT molecular complexity index is 596. The van der Waals surface area contributed by atoms with Gasteiger partial charge in [-0.3, -0.25) is 9.59 Å². The molecule has 1 atom stereocenters. The molecule has 3 rings (SSSR count). The van der Waals surface area contributed by atoms with Gasteiger partial charge in [-0.15, -0.1) is 0 Å². The zero-order valence-corrected chi connectivity index (χ0v) is 11.5. The second-order valence-corrected chi connectivity index (χ2v) is 5.44. The summed E-state index contributed by atoms with van der Waals surface area (Å²) in [4.78, 5) is 38.4. The molecule has 2 aliphatic rings. The number of aromatic carboxylic acids is 1. The van der Waals surface area contributed by atoms with Gasteiger partial charge in [-0.05, 0) is 30.5 Å². The minimum atomic E-state index is -0.979. The van der Waals surface area contributed by atoms with Crippen molar-refractivity contribution in [2.24, 2.45) is 0 Å². The molecule has 0 radical (unpaired) electrons. The van der Waals surface area contributed by atoms with E-state index in [0.29, 0.717) is 13.1 Å². The number of carboxylic acids is 1. The maximum Gasteiger partial charge on any atom is 0.335 e. The van der Waals surface area contributed by atoms with Gasteiger partial charge in [0.15, 0.2) is 0 Å². The zero-order valence-electron chi connectivity index (χ0n) is 11.5. The molecule has 2 saturated heterocycles. The van der Waals surface area contributed by atoms with E-state index in [9.17, 15) is 14.4 Å². The normalized spacial score (nSPS) is 21.6. The Labute approximate surface area is 122 Å². The molecule has 21 heavy (non-hydrogen) atoms. The Balaban J connectivity index is 1.73. The maximum atomic E-state index is 12.4. The first kappa shape index (κ1) is 13.6. The van der Waals surface area contributed by atoms with Gasteiger partial charge in [-0.2, -0.15) is 0 Å². The second-order valence-electron chi connectivity index (χ2n) is 5.44. The minimum absolute atomic E-state index is 0.000689. The number of carbonyl (C=O) groups excluding carboxylic acids is 2. The molecule has 0 spiro atoms. The molecular formula is C15H16N2O4. The number of carboxylic acid groups (broad SMARTS) is 1. The molecule has 1 aromatic rings. The summed E-state index contributed by atoms with van der Waals surface area (Å²) < 4.78 is 0. The van der Waals surface area contributed by atoms with E-state index in [-0.39, 0.29) is 30.0 Å². The van der Waals surface area contributed by atoms with Crippen LogP contribution >= 0.6 is 0 Å². The van der Waals surface area contributed by atoms with E-state index in [0.717, 1.165) is 18.4 Å². The number of carbonyl (C=O) groups is 3. The number of fused-ring (bicyclic) bond motifs is 1. The van der Waals surface area contributed by atoms with Crippen molar-refractivity contribution in [1.82, 2.24) is 9.80 Å². The van der Waals surface area contributed by atoms with E-state index in [4.69, 9.17) is 5.11 Å². The van der Waals surface area contributed by atoms with Crippen LogP contribution in [-0.2, 0) is 16.1 Å². The summed E-state index contributed by atoms with van der Waals surface area (Å²) in [7, 11) is 0. The van der Waals surface area contributed by atoms with Crippen molar-refractivity contribution < 1.29 is 19.5 Å². The highest BCUT2D eigenvalue weighted by molar-refractivity contribution is 5.95. The topological polar surface area (TPSA) is 77.9 Å². The van der Waals surface area contributed by atoms with Gasteiger partial charge in [0.2, 0.25) is 11.8 Å². The minimum Gasteiger partial charge on any atom is -0.478 e. The average Bonchev–Trinajstić information content (AvgIpc) is 2.95. The second kappa shape index (κ2) is 5.20. The third kappa shape index (κ3) is 2.49. The van der Waals surface area contributed by atoms with E-state index in [2.05, 4.69) is 0 Å². The summed E-state index contributed by atoms with van der Waals surface area (Å²) in [5, 5.41) is 8.86. The van der Waals surface area contributed by atoms with Crippen LogP contribution in [0.3, 0.4) is 0 Å². The van der Waals surface area contributed by atoms with Crippen LogP contribution in [0, 0.1) is 0 Å². The molecule has 1 aromatic carbocycles. The third-order valence-corrected chi connectivity index (χ3v) is 4.07. The lowest BCUT2D eigenvalue weighted by Crippen LogP contribution is -2.56. The number of hydrogen-bond donors (Lipinski definition) is 1. The molecule has 2 heterocycles. The average molecular weight is 288 g/mol. The van der Waals surface area contributed by atoms with Crippen LogP contribution in [-0.4, -0.2) is 51.8 Å².